The fourth-order valence-electron chi connectivity index (χ4n) is 3.16. The van der Waals surface area contributed by atoms with Crippen molar-refractivity contribution in [2.45, 2.75) is 32.6 Å². The van der Waals surface area contributed by atoms with E-state index >= 15 is 0 Å². The van der Waals surface area contributed by atoms with Gasteiger partial charge in [0.15, 0.2) is 0 Å². The first kappa shape index (κ1) is 14.0. The Morgan fingerprint density at radius 1 is 1.10 bits per heavy atom. The fourth-order valence-corrected chi connectivity index (χ4v) is 3.16. The van der Waals surface area contributed by atoms with E-state index in [0.717, 1.165) is 25.1 Å². The number of ether oxygens (including phenoxy) is 1. The van der Waals surface area contributed by atoms with E-state index < -0.39 is 0 Å². The lowest BCUT2D eigenvalue weighted by Gasteiger charge is -2.21. The molecule has 0 aliphatic carbocycles. The Balaban J connectivity index is 1.81. The van der Waals surface area contributed by atoms with E-state index in [1.807, 2.05) is 0 Å². The van der Waals surface area contributed by atoms with Crippen LogP contribution in [0.1, 0.15) is 28.7 Å². The second-order valence-corrected chi connectivity index (χ2v) is 5.80. The van der Waals surface area contributed by atoms with Gasteiger partial charge in [0, 0.05) is 12.2 Å². The molecular weight excluding hydrogens is 258 g/mol. The Bertz CT molecular complexity index is 633. The highest BCUT2D eigenvalue weighted by Crippen LogP contribution is 2.28. The van der Waals surface area contributed by atoms with Crippen LogP contribution >= 0.6 is 0 Å². The molecule has 110 valence electrons. The molecule has 1 aliphatic rings. The van der Waals surface area contributed by atoms with Crippen molar-refractivity contribution in [1.82, 2.24) is 0 Å². The summed E-state index contributed by atoms with van der Waals surface area (Å²) < 4.78 is 5.49. The molecule has 2 heteroatoms. The van der Waals surface area contributed by atoms with Crippen LogP contribution in [0.3, 0.4) is 0 Å². The maximum Gasteiger partial charge on any atom is 0.122 e. The van der Waals surface area contributed by atoms with Gasteiger partial charge in [0.1, 0.15) is 5.75 Å². The third-order valence-corrected chi connectivity index (χ3v) is 4.26. The van der Waals surface area contributed by atoms with E-state index in [4.69, 9.17) is 4.74 Å². The van der Waals surface area contributed by atoms with Crippen molar-refractivity contribution in [2.75, 3.05) is 19.0 Å². The lowest BCUT2D eigenvalue weighted by molar-refractivity contribution is 0.409. The Kier molecular flexibility index (Phi) is 4.14. The molecule has 0 aromatic heterocycles. The molecule has 0 bridgehead atoms. The third-order valence-electron chi connectivity index (χ3n) is 4.26. The van der Waals surface area contributed by atoms with Crippen LogP contribution in [-0.4, -0.2) is 13.7 Å². The van der Waals surface area contributed by atoms with Crippen molar-refractivity contribution in [3.05, 3.63) is 58.7 Å². The minimum atomic E-state index is 0.998. The zero-order valence-corrected chi connectivity index (χ0v) is 12.9. The second-order valence-electron chi connectivity index (χ2n) is 5.80. The predicted molar refractivity (Wildman–Crippen MR) is 88.4 cm³/mol. The van der Waals surface area contributed by atoms with Crippen molar-refractivity contribution in [3.63, 3.8) is 0 Å². The monoisotopic (exact) mass is 281 g/mol. The van der Waals surface area contributed by atoms with Crippen LogP contribution in [-0.2, 0) is 19.3 Å². The Labute approximate surface area is 127 Å². The number of rotatable bonds is 4. The molecule has 1 heterocycles. The lowest BCUT2D eigenvalue weighted by Crippen LogP contribution is -2.14. The molecule has 0 atom stereocenters. The molecule has 0 amide bonds. The van der Waals surface area contributed by atoms with Gasteiger partial charge in [-0.05, 0) is 55.4 Å². The largest absolute Gasteiger partial charge is 0.496 e. The van der Waals surface area contributed by atoms with E-state index in [1.165, 1.54) is 40.8 Å². The van der Waals surface area contributed by atoms with E-state index in [1.54, 1.807) is 7.11 Å². The Morgan fingerprint density at radius 3 is 2.81 bits per heavy atom. The van der Waals surface area contributed by atoms with E-state index in [0.29, 0.717) is 0 Å². The van der Waals surface area contributed by atoms with Crippen molar-refractivity contribution in [3.8, 4) is 5.75 Å². The normalized spacial score (nSPS) is 13.4. The number of para-hydroxylation sites is 1. The van der Waals surface area contributed by atoms with Gasteiger partial charge in [0.2, 0.25) is 0 Å². The second kappa shape index (κ2) is 6.21. The number of methoxy groups -OCH3 is 1. The van der Waals surface area contributed by atoms with Gasteiger partial charge in [-0.25, -0.2) is 0 Å². The van der Waals surface area contributed by atoms with Crippen LogP contribution in [0.5, 0.6) is 5.75 Å². The maximum atomic E-state index is 5.49. The summed E-state index contributed by atoms with van der Waals surface area (Å²) in [5, 5.41) is 3.58. The van der Waals surface area contributed by atoms with Crippen LogP contribution in [0.15, 0.2) is 36.4 Å². The van der Waals surface area contributed by atoms with E-state index in [9.17, 15) is 0 Å². The van der Waals surface area contributed by atoms with Gasteiger partial charge in [-0.2, -0.15) is 0 Å². The van der Waals surface area contributed by atoms with Gasteiger partial charge in [-0.15, -0.1) is 0 Å². The van der Waals surface area contributed by atoms with E-state index in [-0.39, 0.29) is 0 Å². The molecule has 0 spiro atoms. The molecule has 2 aromatic rings. The smallest absolute Gasteiger partial charge is 0.122 e. The minimum absolute atomic E-state index is 0.998. The number of hydrogen-bond donors (Lipinski definition) is 1. The Hall–Kier alpha value is -1.96. The zero-order chi connectivity index (χ0) is 14.7. The predicted octanol–water partition coefficient (Wildman–Crippen LogP) is 4.15. The number of hydrogen-bond acceptors (Lipinski definition) is 2. The van der Waals surface area contributed by atoms with Crippen LogP contribution in [0.25, 0.3) is 0 Å². The van der Waals surface area contributed by atoms with Crippen LogP contribution in [0.2, 0.25) is 0 Å². The quantitative estimate of drug-likeness (QED) is 0.909. The first-order chi connectivity index (χ1) is 10.3. The number of aryl methyl sites for hydroxylation is 4. The molecule has 0 fully saturated rings. The summed E-state index contributed by atoms with van der Waals surface area (Å²) in [6.45, 7) is 3.23. The fraction of sp³-hybridized carbons (Fsp3) is 0.368. The molecule has 1 N–H and O–H groups in total. The number of benzene rings is 2. The van der Waals surface area contributed by atoms with Gasteiger partial charge in [0.05, 0.1) is 7.11 Å². The Morgan fingerprint density at radius 2 is 1.95 bits per heavy atom. The molecule has 2 nitrogen and oxygen atoms in total. The topological polar surface area (TPSA) is 21.3 Å². The summed E-state index contributed by atoms with van der Waals surface area (Å²) in [4.78, 5) is 0. The standard InChI is InChI=1S/C19H23NO/c1-14-8-11-18(21-2)17(13-14)10-9-16-6-3-5-15-7-4-12-20-19(15)16/h3,5-6,8,11,13,20H,4,7,9-10,12H2,1-2H3. The molecule has 2 aromatic carbocycles. The summed E-state index contributed by atoms with van der Waals surface area (Å²) in [5.41, 5.74) is 6.85. The summed E-state index contributed by atoms with van der Waals surface area (Å²) in [6, 6.07) is 13.1. The summed E-state index contributed by atoms with van der Waals surface area (Å²) in [7, 11) is 1.75. The zero-order valence-electron chi connectivity index (χ0n) is 12.9. The van der Waals surface area contributed by atoms with E-state index in [2.05, 4.69) is 48.6 Å². The molecule has 1 aliphatic heterocycles. The third kappa shape index (κ3) is 3.05. The number of anilines is 1. The van der Waals surface area contributed by atoms with Gasteiger partial charge in [0.25, 0.3) is 0 Å². The van der Waals surface area contributed by atoms with Crippen LogP contribution in [0.4, 0.5) is 5.69 Å². The van der Waals surface area contributed by atoms with Crippen molar-refractivity contribution >= 4 is 5.69 Å². The minimum Gasteiger partial charge on any atom is -0.496 e. The molecule has 0 radical (unpaired) electrons. The van der Waals surface area contributed by atoms with Crippen molar-refractivity contribution in [1.29, 1.82) is 0 Å². The lowest BCUT2D eigenvalue weighted by atomic mass is 9.95. The highest BCUT2D eigenvalue weighted by molar-refractivity contribution is 5.59. The molecule has 3 rings (SSSR count). The van der Waals surface area contributed by atoms with Gasteiger partial charge in [-0.1, -0.05) is 35.9 Å². The molecule has 21 heavy (non-hydrogen) atoms. The molecule has 0 saturated heterocycles. The summed E-state index contributed by atoms with van der Waals surface area (Å²) >= 11 is 0. The molecule has 0 unspecified atom stereocenters. The first-order valence-electron chi connectivity index (χ1n) is 7.76. The maximum absolute atomic E-state index is 5.49. The number of fused-ring (bicyclic) bond motifs is 1. The average molecular weight is 281 g/mol. The van der Waals surface area contributed by atoms with Gasteiger partial charge < -0.3 is 10.1 Å². The van der Waals surface area contributed by atoms with Crippen molar-refractivity contribution in [2.24, 2.45) is 0 Å². The average Bonchev–Trinajstić information content (AvgIpc) is 2.53. The van der Waals surface area contributed by atoms with Crippen molar-refractivity contribution < 1.29 is 4.74 Å². The molecule has 0 saturated carbocycles. The number of nitrogens with one attached hydrogen (secondary N) is 1. The highest BCUT2D eigenvalue weighted by atomic mass is 16.5. The van der Waals surface area contributed by atoms with Crippen LogP contribution < -0.4 is 10.1 Å². The highest BCUT2D eigenvalue weighted by Gasteiger charge is 2.12. The SMILES string of the molecule is COc1ccc(C)cc1CCc1cccc2c1NCCC2. The van der Waals surface area contributed by atoms with Crippen LogP contribution in [0, 0.1) is 6.92 Å². The summed E-state index contributed by atoms with van der Waals surface area (Å²) in [5.74, 6) is 0.998. The molecular formula is C19H23NO. The van der Waals surface area contributed by atoms with Gasteiger partial charge in [-0.3, -0.25) is 0 Å². The summed E-state index contributed by atoms with van der Waals surface area (Å²) in [6.07, 6.45) is 4.51. The van der Waals surface area contributed by atoms with Gasteiger partial charge >= 0.3 is 0 Å². The first-order valence-corrected chi connectivity index (χ1v) is 7.76.